The van der Waals surface area contributed by atoms with Crippen molar-refractivity contribution in [2.75, 3.05) is 13.2 Å². The van der Waals surface area contributed by atoms with E-state index in [0.29, 0.717) is 11.5 Å². The van der Waals surface area contributed by atoms with Gasteiger partial charge >= 0.3 is 0 Å². The highest BCUT2D eigenvalue weighted by Gasteiger charge is 2.34. The van der Waals surface area contributed by atoms with Gasteiger partial charge in [-0.25, -0.2) is 0 Å². The molecule has 0 aromatic heterocycles. The van der Waals surface area contributed by atoms with Gasteiger partial charge in [-0.15, -0.1) is 0 Å². The van der Waals surface area contributed by atoms with Gasteiger partial charge in [-0.3, -0.25) is 9.59 Å². The number of nitrogens with two attached hydrogens (primary N) is 1. The fraction of sp³-hybridized carbons (Fsp3) is 0.579. The number of carbonyl (C=O) groups is 2. The molecule has 1 aliphatic heterocycles. The molecule has 1 aliphatic carbocycles. The van der Waals surface area contributed by atoms with Gasteiger partial charge in [0.2, 0.25) is 11.8 Å². The highest BCUT2D eigenvalue weighted by Crippen LogP contribution is 2.37. The van der Waals surface area contributed by atoms with E-state index in [0.717, 1.165) is 45.1 Å². The fourth-order valence-electron chi connectivity index (χ4n) is 4.14. The predicted molar refractivity (Wildman–Crippen MR) is 91.5 cm³/mol. The maximum atomic E-state index is 12.7. The zero-order chi connectivity index (χ0) is 17.1. The largest absolute Gasteiger partial charge is 0.394 e. The highest BCUT2D eigenvalue weighted by molar-refractivity contribution is 5.92. The fourth-order valence-corrected chi connectivity index (χ4v) is 4.14. The number of hydrogen-bond acceptors (Lipinski definition) is 3. The van der Waals surface area contributed by atoms with Crippen LogP contribution in [-0.4, -0.2) is 41.0 Å². The van der Waals surface area contributed by atoms with Gasteiger partial charge in [0.1, 0.15) is 0 Å². The number of primary amides is 1. The van der Waals surface area contributed by atoms with Crippen molar-refractivity contribution in [1.82, 2.24) is 4.90 Å². The molecule has 1 saturated heterocycles. The number of aliphatic hydroxyl groups excluding tert-OH is 1. The Morgan fingerprint density at radius 2 is 1.75 bits per heavy atom. The normalized spacial score (nSPS) is 27.2. The molecule has 1 atom stereocenters. The number of aliphatic hydroxyl groups is 1. The Hall–Kier alpha value is -1.88. The average molecular weight is 330 g/mol. The van der Waals surface area contributed by atoms with Crippen LogP contribution in [-0.2, 0) is 4.79 Å². The predicted octanol–water partition coefficient (Wildman–Crippen LogP) is 2.04. The second-order valence-electron chi connectivity index (χ2n) is 7.05. The van der Waals surface area contributed by atoms with E-state index in [1.165, 1.54) is 5.56 Å². The minimum absolute atomic E-state index is 0.0246. The second-order valence-corrected chi connectivity index (χ2v) is 7.05. The number of nitrogens with zero attached hydrogens (tertiary/aromatic N) is 1. The summed E-state index contributed by atoms with van der Waals surface area (Å²) in [4.78, 5) is 25.7. The molecule has 0 bridgehead atoms. The summed E-state index contributed by atoms with van der Waals surface area (Å²) >= 11 is 0. The lowest BCUT2D eigenvalue weighted by Crippen LogP contribution is -2.42. The first-order valence-electron chi connectivity index (χ1n) is 8.91. The molecule has 0 spiro atoms. The van der Waals surface area contributed by atoms with Crippen LogP contribution in [0.5, 0.6) is 0 Å². The molecule has 1 saturated carbocycles. The minimum atomic E-state index is -0.403. The van der Waals surface area contributed by atoms with Crippen LogP contribution in [0.15, 0.2) is 24.3 Å². The number of carbonyl (C=O) groups excluding carboxylic acids is 2. The van der Waals surface area contributed by atoms with Gasteiger partial charge in [0.15, 0.2) is 0 Å². The molecule has 1 heterocycles. The summed E-state index contributed by atoms with van der Waals surface area (Å²) in [6.07, 6.45) is 5.70. The van der Waals surface area contributed by atoms with Crippen molar-refractivity contribution < 1.29 is 14.7 Å². The van der Waals surface area contributed by atoms with E-state index in [1.54, 1.807) is 12.1 Å². The molecule has 130 valence electrons. The van der Waals surface area contributed by atoms with E-state index in [9.17, 15) is 14.7 Å². The van der Waals surface area contributed by atoms with Crippen molar-refractivity contribution >= 4 is 11.8 Å². The molecule has 1 aromatic carbocycles. The SMILES string of the molecule is NC(=O)c1ccc(C2CCC(C(=O)N3CCC[C@H]3CO)CC2)cc1. The number of amides is 2. The van der Waals surface area contributed by atoms with Crippen LogP contribution in [0.25, 0.3) is 0 Å². The summed E-state index contributed by atoms with van der Waals surface area (Å²) in [6.45, 7) is 0.867. The first kappa shape index (κ1) is 17.0. The van der Waals surface area contributed by atoms with E-state index < -0.39 is 5.91 Å². The van der Waals surface area contributed by atoms with Crippen LogP contribution in [0.3, 0.4) is 0 Å². The molecular formula is C19H26N2O3. The van der Waals surface area contributed by atoms with Gasteiger partial charge < -0.3 is 15.7 Å². The third-order valence-corrected chi connectivity index (χ3v) is 5.61. The molecule has 0 unspecified atom stereocenters. The zero-order valence-corrected chi connectivity index (χ0v) is 14.0. The average Bonchev–Trinajstić information content (AvgIpc) is 3.10. The molecule has 3 rings (SSSR count). The maximum absolute atomic E-state index is 12.7. The van der Waals surface area contributed by atoms with Crippen LogP contribution in [0, 0.1) is 5.92 Å². The summed E-state index contributed by atoms with van der Waals surface area (Å²) in [5.41, 5.74) is 7.03. The standard InChI is InChI=1S/C19H26N2O3/c20-18(23)15-7-3-13(4-8-15)14-5-9-16(10-6-14)19(24)21-11-1-2-17(21)12-22/h3-4,7-8,14,16-17,22H,1-2,5-6,9-12H2,(H2,20,23)/t14?,16?,17-/m0/s1. The number of rotatable bonds is 4. The number of likely N-dealkylation sites (tertiary alicyclic amines) is 1. The molecule has 5 heteroatoms. The van der Waals surface area contributed by atoms with Crippen molar-refractivity contribution in [2.24, 2.45) is 11.7 Å². The van der Waals surface area contributed by atoms with Gasteiger partial charge in [-0.2, -0.15) is 0 Å². The Morgan fingerprint density at radius 1 is 1.08 bits per heavy atom. The molecule has 3 N–H and O–H groups in total. The summed E-state index contributed by atoms with van der Waals surface area (Å²) in [7, 11) is 0. The van der Waals surface area contributed by atoms with E-state index >= 15 is 0 Å². The van der Waals surface area contributed by atoms with Crippen LogP contribution in [0.4, 0.5) is 0 Å². The van der Waals surface area contributed by atoms with E-state index in [2.05, 4.69) is 0 Å². The topological polar surface area (TPSA) is 83.6 Å². The van der Waals surface area contributed by atoms with Crippen molar-refractivity contribution in [3.05, 3.63) is 35.4 Å². The lowest BCUT2D eigenvalue weighted by molar-refractivity contribution is -0.138. The molecule has 24 heavy (non-hydrogen) atoms. The Labute approximate surface area is 142 Å². The third kappa shape index (κ3) is 3.46. The smallest absolute Gasteiger partial charge is 0.248 e. The van der Waals surface area contributed by atoms with Gasteiger partial charge in [0.05, 0.1) is 12.6 Å². The van der Waals surface area contributed by atoms with E-state index in [-0.39, 0.29) is 24.5 Å². The number of hydrogen-bond donors (Lipinski definition) is 2. The third-order valence-electron chi connectivity index (χ3n) is 5.61. The first-order valence-corrected chi connectivity index (χ1v) is 8.91. The lowest BCUT2D eigenvalue weighted by atomic mass is 9.78. The Balaban J connectivity index is 1.57. The maximum Gasteiger partial charge on any atom is 0.248 e. The molecule has 2 fully saturated rings. The van der Waals surface area contributed by atoms with E-state index in [4.69, 9.17) is 5.73 Å². The lowest BCUT2D eigenvalue weighted by Gasteiger charge is -2.32. The zero-order valence-electron chi connectivity index (χ0n) is 14.0. The molecular weight excluding hydrogens is 304 g/mol. The monoisotopic (exact) mass is 330 g/mol. The summed E-state index contributed by atoms with van der Waals surface area (Å²) in [5.74, 6) is 0.371. The van der Waals surface area contributed by atoms with Gasteiger partial charge in [-0.05, 0) is 62.1 Å². The van der Waals surface area contributed by atoms with Crippen molar-refractivity contribution in [1.29, 1.82) is 0 Å². The molecule has 1 aromatic rings. The summed E-state index contributed by atoms with van der Waals surface area (Å²) in [5, 5.41) is 9.41. The van der Waals surface area contributed by atoms with Crippen LogP contribution < -0.4 is 5.73 Å². The molecule has 2 aliphatic rings. The first-order chi connectivity index (χ1) is 11.6. The Morgan fingerprint density at radius 3 is 2.33 bits per heavy atom. The van der Waals surface area contributed by atoms with Crippen LogP contribution in [0.2, 0.25) is 0 Å². The Bertz CT molecular complexity index is 591. The van der Waals surface area contributed by atoms with Crippen LogP contribution >= 0.6 is 0 Å². The van der Waals surface area contributed by atoms with Crippen molar-refractivity contribution in [3.8, 4) is 0 Å². The highest BCUT2D eigenvalue weighted by atomic mass is 16.3. The van der Waals surface area contributed by atoms with Crippen molar-refractivity contribution in [2.45, 2.75) is 50.5 Å². The van der Waals surface area contributed by atoms with Crippen LogP contribution in [0.1, 0.15) is 60.4 Å². The molecule has 5 nitrogen and oxygen atoms in total. The Kier molecular flexibility index (Phi) is 5.19. The molecule has 2 amide bonds. The number of benzene rings is 1. The second kappa shape index (κ2) is 7.34. The van der Waals surface area contributed by atoms with Gasteiger partial charge in [0, 0.05) is 18.0 Å². The van der Waals surface area contributed by atoms with Crippen molar-refractivity contribution in [3.63, 3.8) is 0 Å². The van der Waals surface area contributed by atoms with E-state index in [1.807, 2.05) is 17.0 Å². The minimum Gasteiger partial charge on any atom is -0.394 e. The summed E-state index contributed by atoms with van der Waals surface area (Å²) < 4.78 is 0. The summed E-state index contributed by atoms with van der Waals surface area (Å²) in [6, 6.07) is 7.55. The van der Waals surface area contributed by atoms with Gasteiger partial charge in [-0.1, -0.05) is 12.1 Å². The molecule has 0 radical (unpaired) electrons. The quantitative estimate of drug-likeness (QED) is 0.886. The van der Waals surface area contributed by atoms with Gasteiger partial charge in [0.25, 0.3) is 0 Å².